The van der Waals surface area contributed by atoms with Crippen molar-refractivity contribution in [2.24, 2.45) is 0 Å². The van der Waals surface area contributed by atoms with Gasteiger partial charge in [0, 0.05) is 29.4 Å². The van der Waals surface area contributed by atoms with E-state index >= 15 is 4.39 Å². The van der Waals surface area contributed by atoms with Crippen LogP contribution >= 0.6 is 0 Å². The molecular formula is C18H15BFN5O3. The molecule has 10 heteroatoms. The number of rotatable bonds is 4. The van der Waals surface area contributed by atoms with Gasteiger partial charge in [-0.3, -0.25) is 0 Å². The first-order chi connectivity index (χ1) is 13.5. The molecule has 0 bridgehead atoms. The third-order valence-electron chi connectivity index (χ3n) is 4.43. The molecule has 0 aliphatic rings. The number of hydrogen-bond acceptors (Lipinski definition) is 7. The minimum absolute atomic E-state index is 0.00780. The molecule has 4 rings (SSSR count). The highest BCUT2D eigenvalue weighted by molar-refractivity contribution is 6.60. The van der Waals surface area contributed by atoms with Crippen molar-refractivity contribution in [3.63, 3.8) is 0 Å². The highest BCUT2D eigenvalue weighted by atomic mass is 19.1. The number of anilines is 1. The fourth-order valence-electron chi connectivity index (χ4n) is 3.14. The number of aromatic nitrogens is 4. The van der Waals surface area contributed by atoms with Gasteiger partial charge in [0.1, 0.15) is 11.6 Å². The minimum Gasteiger partial charge on any atom is -0.497 e. The number of ether oxygens (including phenoxy) is 1. The molecule has 4 N–H and O–H groups in total. The molecule has 0 fully saturated rings. The first-order valence-electron chi connectivity index (χ1n) is 8.29. The molecule has 140 valence electrons. The fourth-order valence-corrected chi connectivity index (χ4v) is 3.14. The highest BCUT2D eigenvalue weighted by Gasteiger charge is 2.28. The zero-order chi connectivity index (χ0) is 19.8. The van der Waals surface area contributed by atoms with Gasteiger partial charge in [0.05, 0.1) is 35.7 Å². The molecule has 0 aliphatic carbocycles. The Balaban J connectivity index is 2.06. The van der Waals surface area contributed by atoms with Gasteiger partial charge in [0.15, 0.2) is 0 Å². The van der Waals surface area contributed by atoms with Crippen LogP contribution in [0.5, 0.6) is 5.75 Å². The van der Waals surface area contributed by atoms with Gasteiger partial charge in [-0.1, -0.05) is 6.07 Å². The van der Waals surface area contributed by atoms with E-state index in [-0.39, 0.29) is 16.8 Å². The standard InChI is InChI=1S/C18H15BFN5O3/c1-28-15-8-14(25-6-2-5-23-25)16(18(20)17(15)19(26)27)10-3-4-11-12(21)9-22-24-13(11)7-10/h2-9,26-27H,1H3,(H2,21,24). The Bertz CT molecular complexity index is 1170. The smallest absolute Gasteiger partial charge is 0.495 e. The number of benzene rings is 2. The fraction of sp³-hybridized carbons (Fsp3) is 0.0556. The molecule has 0 spiro atoms. The van der Waals surface area contributed by atoms with Crippen LogP contribution in [0.2, 0.25) is 0 Å². The lowest BCUT2D eigenvalue weighted by molar-refractivity contribution is 0.398. The predicted molar refractivity (Wildman–Crippen MR) is 103 cm³/mol. The molecule has 0 radical (unpaired) electrons. The van der Waals surface area contributed by atoms with Crippen LogP contribution in [0.4, 0.5) is 10.1 Å². The van der Waals surface area contributed by atoms with Gasteiger partial charge in [-0.25, -0.2) is 9.07 Å². The maximum Gasteiger partial charge on any atom is 0.495 e. The van der Waals surface area contributed by atoms with Gasteiger partial charge in [-0.15, -0.1) is 0 Å². The predicted octanol–water partition coefficient (Wildman–Crippen LogP) is 0.892. The second-order valence-electron chi connectivity index (χ2n) is 6.06. The lowest BCUT2D eigenvalue weighted by atomic mass is 9.77. The van der Waals surface area contributed by atoms with Crippen molar-refractivity contribution in [1.29, 1.82) is 0 Å². The molecule has 0 saturated heterocycles. The van der Waals surface area contributed by atoms with Crippen molar-refractivity contribution in [2.75, 3.05) is 12.8 Å². The summed E-state index contributed by atoms with van der Waals surface area (Å²) in [7, 11) is -0.738. The topological polar surface area (TPSA) is 119 Å². The second-order valence-corrected chi connectivity index (χ2v) is 6.06. The summed E-state index contributed by atoms with van der Waals surface area (Å²) >= 11 is 0. The van der Waals surface area contributed by atoms with Crippen LogP contribution in [0.3, 0.4) is 0 Å². The maximum atomic E-state index is 15.5. The third kappa shape index (κ3) is 2.84. The molecule has 2 heterocycles. The molecule has 4 aromatic rings. The number of nitrogen functional groups attached to an aromatic ring is 1. The highest BCUT2D eigenvalue weighted by Crippen LogP contribution is 2.34. The quantitative estimate of drug-likeness (QED) is 0.451. The Hall–Kier alpha value is -3.50. The molecule has 28 heavy (non-hydrogen) atoms. The molecule has 2 aromatic heterocycles. The van der Waals surface area contributed by atoms with E-state index in [1.807, 2.05) is 0 Å². The summed E-state index contributed by atoms with van der Waals surface area (Å²) < 4.78 is 22.1. The molecule has 2 aromatic carbocycles. The number of methoxy groups -OCH3 is 1. The third-order valence-corrected chi connectivity index (χ3v) is 4.43. The summed E-state index contributed by atoms with van der Waals surface area (Å²) in [6.45, 7) is 0. The molecule has 0 saturated carbocycles. The lowest BCUT2D eigenvalue weighted by Crippen LogP contribution is -2.35. The van der Waals surface area contributed by atoms with Gasteiger partial charge >= 0.3 is 7.12 Å². The Labute approximate surface area is 159 Å². The van der Waals surface area contributed by atoms with E-state index in [4.69, 9.17) is 10.5 Å². The second kappa shape index (κ2) is 6.91. The Morgan fingerprint density at radius 3 is 2.75 bits per heavy atom. The van der Waals surface area contributed by atoms with Crippen molar-refractivity contribution in [2.45, 2.75) is 0 Å². The normalized spacial score (nSPS) is 11.0. The van der Waals surface area contributed by atoms with Crippen LogP contribution in [0, 0.1) is 5.82 Å². The average Bonchev–Trinajstić information content (AvgIpc) is 3.21. The minimum atomic E-state index is -2.06. The van der Waals surface area contributed by atoms with Gasteiger partial charge < -0.3 is 20.5 Å². The van der Waals surface area contributed by atoms with Crippen LogP contribution in [0.1, 0.15) is 0 Å². The molecule has 8 nitrogen and oxygen atoms in total. The lowest BCUT2D eigenvalue weighted by Gasteiger charge is -2.18. The van der Waals surface area contributed by atoms with Crippen molar-refractivity contribution in [3.05, 3.63) is 54.7 Å². The molecule has 0 atom stereocenters. The average molecular weight is 379 g/mol. The number of halogens is 1. The van der Waals surface area contributed by atoms with Crippen LogP contribution in [0.25, 0.3) is 27.7 Å². The number of hydrogen-bond donors (Lipinski definition) is 3. The summed E-state index contributed by atoms with van der Waals surface area (Å²) in [5.41, 5.74) is 7.38. The Kier molecular flexibility index (Phi) is 4.42. The van der Waals surface area contributed by atoms with Crippen LogP contribution in [-0.4, -0.2) is 44.3 Å². The van der Waals surface area contributed by atoms with E-state index in [2.05, 4.69) is 15.3 Å². The van der Waals surface area contributed by atoms with E-state index in [1.165, 1.54) is 24.1 Å². The summed E-state index contributed by atoms with van der Waals surface area (Å²) in [6, 6.07) is 8.20. The number of fused-ring (bicyclic) bond motifs is 1. The summed E-state index contributed by atoms with van der Waals surface area (Å²) in [6.07, 6.45) is 4.63. The number of nitrogens with zero attached hydrogens (tertiary/aromatic N) is 4. The zero-order valence-electron chi connectivity index (χ0n) is 14.7. The summed E-state index contributed by atoms with van der Waals surface area (Å²) in [4.78, 5) is 0. The summed E-state index contributed by atoms with van der Waals surface area (Å²) in [5.74, 6) is -0.845. The Morgan fingerprint density at radius 1 is 1.25 bits per heavy atom. The van der Waals surface area contributed by atoms with Crippen molar-refractivity contribution < 1.29 is 19.2 Å². The van der Waals surface area contributed by atoms with Crippen LogP contribution in [0.15, 0.2) is 48.9 Å². The molecule has 0 aliphatic heterocycles. The van der Waals surface area contributed by atoms with Crippen LogP contribution in [-0.2, 0) is 0 Å². The van der Waals surface area contributed by atoms with E-state index in [1.54, 1.807) is 36.7 Å². The van der Waals surface area contributed by atoms with E-state index in [9.17, 15) is 10.0 Å². The van der Waals surface area contributed by atoms with Crippen molar-refractivity contribution in [3.8, 4) is 22.6 Å². The van der Waals surface area contributed by atoms with E-state index < -0.39 is 12.9 Å². The summed E-state index contributed by atoms with van der Waals surface area (Å²) in [5, 5.41) is 32.1. The zero-order valence-corrected chi connectivity index (χ0v) is 14.7. The Morgan fingerprint density at radius 2 is 2.07 bits per heavy atom. The molecular weight excluding hydrogens is 364 g/mol. The van der Waals surface area contributed by atoms with Gasteiger partial charge in [-0.05, 0) is 23.8 Å². The maximum absolute atomic E-state index is 15.5. The first-order valence-corrected chi connectivity index (χ1v) is 8.29. The van der Waals surface area contributed by atoms with Crippen molar-refractivity contribution >= 4 is 29.2 Å². The SMILES string of the molecule is COc1cc(-n2cccn2)c(-c2ccc3c(N)cnnc3c2)c(F)c1B(O)O. The largest absolute Gasteiger partial charge is 0.497 e. The molecule has 0 unspecified atom stereocenters. The van der Waals surface area contributed by atoms with Gasteiger partial charge in [0.2, 0.25) is 0 Å². The monoisotopic (exact) mass is 379 g/mol. The van der Waals surface area contributed by atoms with Gasteiger partial charge in [0.25, 0.3) is 0 Å². The first kappa shape index (κ1) is 17.9. The van der Waals surface area contributed by atoms with E-state index in [0.717, 1.165) is 0 Å². The molecule has 0 amide bonds. The van der Waals surface area contributed by atoms with Gasteiger partial charge in [-0.2, -0.15) is 15.3 Å². The van der Waals surface area contributed by atoms with Crippen molar-refractivity contribution in [1.82, 2.24) is 20.0 Å². The number of nitrogens with two attached hydrogens (primary N) is 1. The van der Waals surface area contributed by atoms with Crippen LogP contribution < -0.4 is 15.9 Å². The van der Waals surface area contributed by atoms with E-state index in [0.29, 0.717) is 27.8 Å².